The number of allylic oxidation sites excluding steroid dienone is 1. The van der Waals surface area contributed by atoms with Crippen LogP contribution in [0, 0.1) is 4.64 Å². The highest BCUT2D eigenvalue weighted by Crippen LogP contribution is 2.30. The van der Waals surface area contributed by atoms with Crippen molar-refractivity contribution in [3.63, 3.8) is 0 Å². The number of carbonyl (C=O) groups excluding carboxylic acids is 1. The number of nitrogens with two attached hydrogens (primary N) is 1. The first-order chi connectivity index (χ1) is 18.8. The Morgan fingerprint density at radius 1 is 1.33 bits per heavy atom. The molecule has 7 nitrogen and oxygen atoms in total. The molecule has 1 atom stereocenters. The van der Waals surface area contributed by atoms with Crippen LogP contribution in [-0.2, 0) is 17.6 Å². The van der Waals surface area contributed by atoms with E-state index in [4.69, 9.17) is 18.0 Å². The number of piperidine rings is 1. The number of amides is 1. The van der Waals surface area contributed by atoms with Crippen LogP contribution in [0.15, 0.2) is 23.6 Å². The van der Waals surface area contributed by atoms with Crippen molar-refractivity contribution in [3.05, 3.63) is 55.4 Å². The number of thiophene rings is 1. The van der Waals surface area contributed by atoms with Crippen LogP contribution >= 0.6 is 23.6 Å². The van der Waals surface area contributed by atoms with E-state index in [9.17, 15) is 9.90 Å². The lowest BCUT2D eigenvalue weighted by Gasteiger charge is -2.34. The number of likely N-dealkylation sites (N-methyl/N-ethyl adjacent to an activating group) is 1. The number of pyridine rings is 1. The van der Waals surface area contributed by atoms with Gasteiger partial charge in [-0.25, -0.2) is 0 Å². The molecule has 1 amide bonds. The Kier molecular flexibility index (Phi) is 13.9. The fourth-order valence-corrected chi connectivity index (χ4v) is 6.25. The van der Waals surface area contributed by atoms with Gasteiger partial charge >= 0.3 is 0 Å². The molecule has 6 N–H and O–H groups in total. The lowest BCUT2D eigenvalue weighted by molar-refractivity contribution is -0.116. The van der Waals surface area contributed by atoms with Crippen molar-refractivity contribution in [2.75, 3.05) is 31.6 Å². The van der Waals surface area contributed by atoms with Gasteiger partial charge in [0.25, 0.3) is 0 Å². The third-order valence-electron chi connectivity index (χ3n) is 6.83. The van der Waals surface area contributed by atoms with Gasteiger partial charge in [-0.05, 0) is 60.7 Å². The van der Waals surface area contributed by atoms with Gasteiger partial charge in [0.05, 0.1) is 6.10 Å². The molecule has 39 heavy (non-hydrogen) atoms. The van der Waals surface area contributed by atoms with E-state index in [0.717, 1.165) is 67.7 Å². The Balaban J connectivity index is 0.00000260. The summed E-state index contributed by atoms with van der Waals surface area (Å²) in [5, 5.41) is 19.2. The summed E-state index contributed by atoms with van der Waals surface area (Å²) >= 11 is 7.40. The molecule has 0 saturated carbocycles. The summed E-state index contributed by atoms with van der Waals surface area (Å²) in [6.07, 6.45) is 9.73. The number of aromatic nitrogens is 1. The standard InChI is InChI=1S/C28H41N5O2S2.C2H6/c1-5-8-18-14-25(32-28(36)27(18)22(29)15-26(35)30-4)33-12-10-19(11-13-33)31-16-23(34)21-17-37-24(7-3)20(21)9-6-2;1-2/h6,9,14-15,17,19,23,31,34H,5,7-8,10-13,16,29H2,1-4H3,(H,30,35)(H,32,36);1-2H3/b9-6-,22-15-;. The summed E-state index contributed by atoms with van der Waals surface area (Å²) in [6, 6.07) is 2.48. The van der Waals surface area contributed by atoms with Crippen molar-refractivity contribution in [2.45, 2.75) is 78.9 Å². The lowest BCUT2D eigenvalue weighted by Crippen LogP contribution is -2.44. The summed E-state index contributed by atoms with van der Waals surface area (Å²) in [6.45, 7) is 12.6. The second-order valence-electron chi connectivity index (χ2n) is 9.41. The highest BCUT2D eigenvalue weighted by Gasteiger charge is 2.23. The number of aryl methyl sites for hydroxylation is 2. The minimum atomic E-state index is -0.519. The summed E-state index contributed by atoms with van der Waals surface area (Å²) in [5.74, 6) is 0.741. The van der Waals surface area contributed by atoms with Gasteiger partial charge in [0.2, 0.25) is 5.91 Å². The van der Waals surface area contributed by atoms with E-state index in [1.807, 2.05) is 26.8 Å². The molecule has 1 unspecified atom stereocenters. The van der Waals surface area contributed by atoms with Crippen molar-refractivity contribution in [2.24, 2.45) is 5.73 Å². The molecule has 3 rings (SSSR count). The summed E-state index contributed by atoms with van der Waals surface area (Å²) in [5.41, 5.74) is 10.6. The predicted octanol–water partition coefficient (Wildman–Crippen LogP) is 5.72. The van der Waals surface area contributed by atoms with Crippen LogP contribution in [0.1, 0.15) is 87.1 Å². The van der Waals surface area contributed by atoms with Crippen LogP contribution in [0.3, 0.4) is 0 Å². The number of aromatic amines is 1. The van der Waals surface area contributed by atoms with Crippen molar-refractivity contribution in [3.8, 4) is 0 Å². The minimum absolute atomic E-state index is 0.249. The van der Waals surface area contributed by atoms with Crippen LogP contribution in [-0.4, -0.2) is 48.7 Å². The lowest BCUT2D eigenvalue weighted by atomic mass is 10.0. The SMILES string of the molecule is C/C=C\c1c(C(O)CNC2CCN(c3cc(CCC)c(/C(N)=C/C(=O)NC)c(=S)[nH]3)CC2)csc1CC.CC. The van der Waals surface area contributed by atoms with E-state index in [-0.39, 0.29) is 5.91 Å². The summed E-state index contributed by atoms with van der Waals surface area (Å²) < 4.78 is 0.557. The molecule has 1 aliphatic heterocycles. The molecule has 0 bridgehead atoms. The Morgan fingerprint density at radius 2 is 2.03 bits per heavy atom. The van der Waals surface area contributed by atoms with Crippen molar-refractivity contribution in [1.82, 2.24) is 15.6 Å². The topological polar surface area (TPSA) is 106 Å². The molecule has 0 aliphatic carbocycles. The third kappa shape index (κ3) is 8.76. The van der Waals surface area contributed by atoms with Gasteiger partial charge in [-0.15, -0.1) is 11.3 Å². The van der Waals surface area contributed by atoms with Gasteiger partial charge in [-0.1, -0.05) is 58.5 Å². The molecule has 2 aromatic rings. The Bertz CT molecular complexity index is 1180. The Morgan fingerprint density at radius 3 is 2.62 bits per heavy atom. The summed E-state index contributed by atoms with van der Waals surface area (Å²) in [7, 11) is 1.58. The average Bonchev–Trinajstić information content (AvgIpc) is 3.35. The number of aliphatic hydroxyl groups excluding tert-OH is 1. The number of carbonyl (C=O) groups is 1. The molecule has 0 aromatic carbocycles. The normalized spacial score (nSPS) is 15.3. The zero-order valence-electron chi connectivity index (χ0n) is 24.4. The predicted molar refractivity (Wildman–Crippen MR) is 170 cm³/mol. The summed E-state index contributed by atoms with van der Waals surface area (Å²) in [4.78, 5) is 18.8. The zero-order chi connectivity index (χ0) is 28.9. The van der Waals surface area contributed by atoms with Gasteiger partial charge in [0.1, 0.15) is 10.5 Å². The van der Waals surface area contributed by atoms with Crippen molar-refractivity contribution in [1.29, 1.82) is 0 Å². The monoisotopic (exact) mass is 573 g/mol. The fourth-order valence-electron chi connectivity index (χ4n) is 4.86. The van der Waals surface area contributed by atoms with Gasteiger partial charge < -0.3 is 31.4 Å². The molecule has 1 saturated heterocycles. The van der Waals surface area contributed by atoms with Gasteiger partial charge in [0.15, 0.2) is 0 Å². The number of nitrogens with zero attached hydrogens (tertiary/aromatic N) is 1. The van der Waals surface area contributed by atoms with E-state index >= 15 is 0 Å². The van der Waals surface area contributed by atoms with Crippen LogP contribution in [0.5, 0.6) is 0 Å². The van der Waals surface area contributed by atoms with Crippen LogP contribution in [0.4, 0.5) is 5.82 Å². The smallest absolute Gasteiger partial charge is 0.245 e. The largest absolute Gasteiger partial charge is 0.398 e. The zero-order valence-corrected chi connectivity index (χ0v) is 26.0. The number of nitrogens with one attached hydrogen (secondary N) is 3. The number of rotatable bonds is 11. The molecule has 2 aromatic heterocycles. The van der Waals surface area contributed by atoms with Crippen LogP contribution in [0.2, 0.25) is 0 Å². The molecule has 0 radical (unpaired) electrons. The molecule has 3 heterocycles. The molecular formula is C30H47N5O2S2. The quantitative estimate of drug-likeness (QED) is 0.174. The molecule has 1 aliphatic rings. The Labute approximate surface area is 243 Å². The van der Waals surface area contributed by atoms with Gasteiger partial charge in [-0.3, -0.25) is 4.79 Å². The minimum Gasteiger partial charge on any atom is -0.398 e. The van der Waals surface area contributed by atoms with Gasteiger partial charge in [0, 0.05) is 54.9 Å². The number of hydrogen-bond donors (Lipinski definition) is 5. The number of anilines is 1. The van der Waals surface area contributed by atoms with E-state index in [2.05, 4.69) is 51.9 Å². The second kappa shape index (κ2) is 16.6. The fraction of sp³-hybridized carbons (Fsp3) is 0.533. The van der Waals surface area contributed by atoms with Crippen LogP contribution < -0.4 is 21.3 Å². The highest BCUT2D eigenvalue weighted by atomic mass is 32.1. The average molecular weight is 574 g/mol. The molecule has 0 spiro atoms. The first kappa shape index (κ1) is 32.8. The van der Waals surface area contributed by atoms with Crippen LogP contribution in [0.25, 0.3) is 11.8 Å². The number of H-pyrrole nitrogens is 1. The molecular weight excluding hydrogens is 526 g/mol. The number of aliphatic hydroxyl groups is 1. The molecule has 216 valence electrons. The van der Waals surface area contributed by atoms with Gasteiger partial charge in [-0.2, -0.15) is 0 Å². The van der Waals surface area contributed by atoms with E-state index in [1.54, 1.807) is 18.4 Å². The second-order valence-corrected chi connectivity index (χ2v) is 10.8. The maximum atomic E-state index is 11.8. The Hall–Kier alpha value is -2.46. The molecule has 1 fully saturated rings. The molecule has 9 heteroatoms. The van der Waals surface area contributed by atoms with E-state index in [0.29, 0.717) is 22.9 Å². The highest BCUT2D eigenvalue weighted by molar-refractivity contribution is 7.71. The van der Waals surface area contributed by atoms with E-state index in [1.165, 1.54) is 16.5 Å². The van der Waals surface area contributed by atoms with E-state index < -0.39 is 6.10 Å². The maximum Gasteiger partial charge on any atom is 0.245 e. The van der Waals surface area contributed by atoms with Crippen molar-refractivity contribution >= 4 is 47.1 Å². The third-order valence-corrected chi connectivity index (χ3v) is 8.30. The van der Waals surface area contributed by atoms with Crippen molar-refractivity contribution < 1.29 is 9.90 Å². The first-order valence-electron chi connectivity index (χ1n) is 14.2. The first-order valence-corrected chi connectivity index (χ1v) is 15.5. The number of hydrogen-bond acceptors (Lipinski definition) is 7. The maximum absolute atomic E-state index is 11.8.